The van der Waals surface area contributed by atoms with Crippen LogP contribution in [0.15, 0.2) is 58.3 Å². The van der Waals surface area contributed by atoms with Crippen LogP contribution in [0.2, 0.25) is 5.02 Å². The summed E-state index contributed by atoms with van der Waals surface area (Å²) in [5, 5.41) is 0.341. The van der Waals surface area contributed by atoms with Crippen molar-refractivity contribution in [1.82, 2.24) is 0 Å². The summed E-state index contributed by atoms with van der Waals surface area (Å²) in [5.41, 5.74) is 0. The summed E-state index contributed by atoms with van der Waals surface area (Å²) in [6.45, 7) is 0. The second-order valence-corrected chi connectivity index (χ2v) is 5.80. The smallest absolute Gasteiger partial charge is 0.206 e. The minimum atomic E-state index is -3.63. The van der Waals surface area contributed by atoms with Gasteiger partial charge >= 0.3 is 0 Å². The predicted octanol–water partition coefficient (Wildman–Crippen LogP) is 3.31. The van der Waals surface area contributed by atoms with Gasteiger partial charge in [-0.2, -0.15) is 0 Å². The fourth-order valence-electron chi connectivity index (χ4n) is 1.38. The number of halogens is 2. The molecule has 0 radical (unpaired) electrons. The maximum atomic E-state index is 12.7. The van der Waals surface area contributed by atoms with Gasteiger partial charge in [0.1, 0.15) is 5.82 Å². The van der Waals surface area contributed by atoms with Crippen molar-refractivity contribution in [2.24, 2.45) is 0 Å². The molecule has 0 saturated carbocycles. The van der Waals surface area contributed by atoms with Crippen LogP contribution in [0.1, 0.15) is 0 Å². The van der Waals surface area contributed by atoms with Crippen molar-refractivity contribution in [2.45, 2.75) is 9.79 Å². The Morgan fingerprint density at radius 2 is 1.59 bits per heavy atom. The first-order valence-electron chi connectivity index (χ1n) is 4.76. The Morgan fingerprint density at radius 1 is 0.941 bits per heavy atom. The SMILES string of the molecule is O=S(=O)(c1ccc(F)cc1)c1cccc(Cl)c1. The molecule has 0 bridgehead atoms. The van der Waals surface area contributed by atoms with Gasteiger partial charge in [0.25, 0.3) is 0 Å². The summed E-state index contributed by atoms with van der Waals surface area (Å²) < 4.78 is 37.0. The van der Waals surface area contributed by atoms with Gasteiger partial charge in [-0.15, -0.1) is 0 Å². The maximum Gasteiger partial charge on any atom is 0.206 e. The normalized spacial score (nSPS) is 11.4. The van der Waals surface area contributed by atoms with Crippen LogP contribution < -0.4 is 0 Å². The quantitative estimate of drug-likeness (QED) is 0.785. The fraction of sp³-hybridized carbons (Fsp3) is 0. The molecule has 0 fully saturated rings. The average molecular weight is 271 g/mol. The van der Waals surface area contributed by atoms with Gasteiger partial charge in [-0.25, -0.2) is 12.8 Å². The molecule has 0 N–H and O–H groups in total. The molecular formula is C12H8ClFO2S. The lowest BCUT2D eigenvalue weighted by molar-refractivity contribution is 0.595. The molecule has 0 aliphatic rings. The average Bonchev–Trinajstić information content (AvgIpc) is 2.29. The van der Waals surface area contributed by atoms with E-state index < -0.39 is 15.7 Å². The van der Waals surface area contributed by atoms with Gasteiger partial charge in [0.05, 0.1) is 9.79 Å². The Labute approximate surface area is 104 Å². The molecule has 2 aromatic rings. The third-order valence-electron chi connectivity index (χ3n) is 2.23. The highest BCUT2D eigenvalue weighted by Crippen LogP contribution is 2.23. The van der Waals surface area contributed by atoms with Gasteiger partial charge < -0.3 is 0 Å². The molecule has 0 amide bonds. The topological polar surface area (TPSA) is 34.1 Å². The minimum Gasteiger partial charge on any atom is -0.219 e. The van der Waals surface area contributed by atoms with Crippen LogP contribution in [0.25, 0.3) is 0 Å². The summed E-state index contributed by atoms with van der Waals surface area (Å²) >= 11 is 5.74. The van der Waals surface area contributed by atoms with Crippen molar-refractivity contribution < 1.29 is 12.8 Å². The molecule has 2 aromatic carbocycles. The lowest BCUT2D eigenvalue weighted by atomic mass is 10.3. The van der Waals surface area contributed by atoms with Crippen molar-refractivity contribution >= 4 is 21.4 Å². The highest BCUT2D eigenvalue weighted by molar-refractivity contribution is 7.91. The Kier molecular flexibility index (Phi) is 3.17. The van der Waals surface area contributed by atoms with E-state index in [9.17, 15) is 12.8 Å². The van der Waals surface area contributed by atoms with Crippen LogP contribution in [-0.4, -0.2) is 8.42 Å². The van der Waals surface area contributed by atoms with Gasteiger partial charge in [-0.1, -0.05) is 17.7 Å². The summed E-state index contributed by atoms with van der Waals surface area (Å²) in [5.74, 6) is -0.477. The van der Waals surface area contributed by atoms with E-state index >= 15 is 0 Å². The van der Waals surface area contributed by atoms with Crippen molar-refractivity contribution in [3.8, 4) is 0 Å². The zero-order valence-corrected chi connectivity index (χ0v) is 10.2. The Morgan fingerprint density at radius 3 is 2.18 bits per heavy atom. The summed E-state index contributed by atoms with van der Waals surface area (Å²) in [4.78, 5) is 0.137. The monoisotopic (exact) mass is 270 g/mol. The standard InChI is InChI=1S/C12H8ClFO2S/c13-9-2-1-3-12(8-9)17(15,16)11-6-4-10(14)5-7-11/h1-8H. The molecule has 2 nitrogen and oxygen atoms in total. The van der Waals surface area contributed by atoms with Crippen molar-refractivity contribution in [3.05, 3.63) is 59.4 Å². The van der Waals surface area contributed by atoms with Gasteiger partial charge in [-0.05, 0) is 42.5 Å². The molecule has 0 spiro atoms. The van der Waals surface area contributed by atoms with Crippen molar-refractivity contribution in [1.29, 1.82) is 0 Å². The van der Waals surface area contributed by atoms with Crippen molar-refractivity contribution in [2.75, 3.05) is 0 Å². The molecule has 0 aliphatic heterocycles. The van der Waals surface area contributed by atoms with E-state index in [1.54, 1.807) is 12.1 Å². The van der Waals surface area contributed by atoms with E-state index in [4.69, 9.17) is 11.6 Å². The molecule has 0 saturated heterocycles. The van der Waals surface area contributed by atoms with E-state index in [1.807, 2.05) is 0 Å². The first-order chi connectivity index (χ1) is 8.00. The van der Waals surface area contributed by atoms with Crippen molar-refractivity contribution in [3.63, 3.8) is 0 Å². The molecule has 0 unspecified atom stereocenters. The largest absolute Gasteiger partial charge is 0.219 e. The number of benzene rings is 2. The minimum absolute atomic E-state index is 0.0427. The van der Waals surface area contributed by atoms with E-state index in [-0.39, 0.29) is 9.79 Å². The maximum absolute atomic E-state index is 12.7. The van der Waals surface area contributed by atoms with E-state index in [0.29, 0.717) is 5.02 Å². The Bertz CT molecular complexity index is 636. The van der Waals surface area contributed by atoms with Crippen LogP contribution in [0, 0.1) is 5.82 Å². The van der Waals surface area contributed by atoms with E-state index in [1.165, 1.54) is 24.3 Å². The first-order valence-corrected chi connectivity index (χ1v) is 6.62. The van der Waals surface area contributed by atoms with Crippen LogP contribution in [0.3, 0.4) is 0 Å². The first kappa shape index (κ1) is 12.1. The lowest BCUT2D eigenvalue weighted by Crippen LogP contribution is -2.01. The number of hydrogen-bond acceptors (Lipinski definition) is 2. The number of rotatable bonds is 2. The Balaban J connectivity index is 2.54. The number of sulfone groups is 1. The van der Waals surface area contributed by atoms with Crippen LogP contribution >= 0.6 is 11.6 Å². The van der Waals surface area contributed by atoms with E-state index in [2.05, 4.69) is 0 Å². The summed E-state index contributed by atoms with van der Waals surface area (Å²) in [7, 11) is -3.63. The van der Waals surface area contributed by atoms with Gasteiger partial charge in [-0.3, -0.25) is 0 Å². The highest BCUT2D eigenvalue weighted by atomic mass is 35.5. The zero-order valence-electron chi connectivity index (χ0n) is 8.60. The van der Waals surface area contributed by atoms with Gasteiger partial charge in [0.2, 0.25) is 9.84 Å². The lowest BCUT2D eigenvalue weighted by Gasteiger charge is -2.04. The Hall–Kier alpha value is -1.39. The van der Waals surface area contributed by atoms with Gasteiger partial charge in [0.15, 0.2) is 0 Å². The number of hydrogen-bond donors (Lipinski definition) is 0. The van der Waals surface area contributed by atoms with Crippen LogP contribution in [0.5, 0.6) is 0 Å². The third kappa shape index (κ3) is 2.48. The summed E-state index contributed by atoms with van der Waals surface area (Å²) in [6, 6.07) is 10.6. The molecule has 0 aromatic heterocycles. The third-order valence-corrected chi connectivity index (χ3v) is 4.23. The summed E-state index contributed by atoms with van der Waals surface area (Å²) in [6.07, 6.45) is 0. The molecule has 0 atom stereocenters. The van der Waals surface area contributed by atoms with E-state index in [0.717, 1.165) is 12.1 Å². The van der Waals surface area contributed by atoms with Crippen LogP contribution in [0.4, 0.5) is 4.39 Å². The van der Waals surface area contributed by atoms with Gasteiger partial charge in [0, 0.05) is 5.02 Å². The molecule has 5 heteroatoms. The highest BCUT2D eigenvalue weighted by Gasteiger charge is 2.17. The second-order valence-electron chi connectivity index (χ2n) is 3.41. The molecule has 0 aliphatic carbocycles. The zero-order chi connectivity index (χ0) is 12.5. The molecule has 17 heavy (non-hydrogen) atoms. The second kappa shape index (κ2) is 4.47. The fourth-order valence-corrected chi connectivity index (χ4v) is 2.95. The molecular weight excluding hydrogens is 263 g/mol. The molecule has 0 heterocycles. The predicted molar refractivity (Wildman–Crippen MR) is 63.3 cm³/mol. The molecule has 88 valence electrons. The molecule has 2 rings (SSSR count). The van der Waals surface area contributed by atoms with Crippen LogP contribution in [-0.2, 0) is 9.84 Å².